The second-order valence-electron chi connectivity index (χ2n) is 10.3. The highest BCUT2D eigenvalue weighted by atomic mass is 35.5. The molecular weight excluding hydrogens is 408 g/mol. The number of imidazole rings is 1. The van der Waals surface area contributed by atoms with Gasteiger partial charge in [0.25, 0.3) is 0 Å². The maximum Gasteiger partial charge on any atom is 0.157 e. The number of hydrogen-bond donors (Lipinski definition) is 1. The molecule has 1 aliphatic carbocycles. The fraction of sp³-hybridized carbons (Fsp3) is 0.520. The molecule has 1 fully saturated rings. The van der Waals surface area contributed by atoms with Crippen LogP contribution in [0.2, 0.25) is 0 Å². The van der Waals surface area contributed by atoms with E-state index in [2.05, 4.69) is 48.3 Å². The van der Waals surface area contributed by atoms with Crippen LogP contribution in [0.1, 0.15) is 56.7 Å². The maximum atomic E-state index is 10.1. The van der Waals surface area contributed by atoms with E-state index in [1.165, 1.54) is 16.9 Å². The molecule has 0 atom stereocenters. The average molecular weight is 439 g/mol. The Hall–Kier alpha value is -2.29. The van der Waals surface area contributed by atoms with Gasteiger partial charge in [-0.25, -0.2) is 4.98 Å². The first kappa shape index (κ1) is 21.9. The zero-order valence-electron chi connectivity index (χ0n) is 18.6. The number of benzene rings is 1. The van der Waals surface area contributed by atoms with Crippen molar-refractivity contribution < 1.29 is 5.11 Å². The van der Waals surface area contributed by atoms with E-state index in [9.17, 15) is 10.4 Å². The van der Waals surface area contributed by atoms with Crippen molar-refractivity contribution in [2.75, 3.05) is 24.6 Å². The molecule has 1 N–H and O–H groups in total. The standard InChI is InChI=1S/C25H30N4O.ClH/c1-24(2)9-8-17-18(14-24)23(28-12-10-25(3,16-30)11-13-28)29-21-7-5-4-6-20(21)27-22(29)19(17)15-26;/h4-7,30H,8-14,16H2,1-3H3;1H. The fourth-order valence-electron chi connectivity index (χ4n) is 5.32. The van der Waals surface area contributed by atoms with Crippen LogP contribution in [0, 0.1) is 22.2 Å². The molecule has 0 amide bonds. The number of halogens is 1. The van der Waals surface area contributed by atoms with E-state index in [0.29, 0.717) is 0 Å². The van der Waals surface area contributed by atoms with Crippen LogP contribution >= 0.6 is 12.4 Å². The van der Waals surface area contributed by atoms with Crippen LogP contribution in [-0.2, 0) is 12.8 Å². The van der Waals surface area contributed by atoms with Crippen molar-refractivity contribution >= 4 is 34.9 Å². The lowest BCUT2D eigenvalue weighted by Crippen LogP contribution is -2.42. The number of nitriles is 1. The van der Waals surface area contributed by atoms with Gasteiger partial charge in [0.2, 0.25) is 0 Å². The van der Waals surface area contributed by atoms with Crippen molar-refractivity contribution in [3.05, 3.63) is 41.0 Å². The molecule has 0 saturated carbocycles. The van der Waals surface area contributed by atoms with Gasteiger partial charge in [-0.15, -0.1) is 12.4 Å². The molecule has 3 aromatic rings. The van der Waals surface area contributed by atoms with E-state index in [1.807, 2.05) is 12.1 Å². The van der Waals surface area contributed by atoms with Crippen molar-refractivity contribution in [3.63, 3.8) is 0 Å². The number of rotatable bonds is 2. The minimum Gasteiger partial charge on any atom is -0.396 e. The molecule has 1 saturated heterocycles. The Morgan fingerprint density at radius 1 is 1.10 bits per heavy atom. The van der Waals surface area contributed by atoms with E-state index >= 15 is 0 Å². The van der Waals surface area contributed by atoms with Crippen LogP contribution in [0.3, 0.4) is 0 Å². The van der Waals surface area contributed by atoms with Crippen molar-refractivity contribution in [2.45, 2.75) is 52.9 Å². The lowest BCUT2D eigenvalue weighted by Gasteiger charge is -2.42. The summed E-state index contributed by atoms with van der Waals surface area (Å²) in [5.74, 6) is 1.22. The Bertz CT molecular complexity index is 1180. The van der Waals surface area contributed by atoms with Gasteiger partial charge in [0, 0.05) is 19.7 Å². The van der Waals surface area contributed by atoms with E-state index in [0.717, 1.165) is 67.4 Å². The number of aliphatic hydroxyl groups excluding tert-OH is 1. The van der Waals surface area contributed by atoms with Crippen LogP contribution in [0.4, 0.5) is 5.82 Å². The average Bonchev–Trinajstić information content (AvgIpc) is 3.11. The van der Waals surface area contributed by atoms with Crippen molar-refractivity contribution in [3.8, 4) is 6.07 Å². The zero-order chi connectivity index (χ0) is 21.1. The van der Waals surface area contributed by atoms with Gasteiger partial charge in [-0.3, -0.25) is 4.40 Å². The minimum absolute atomic E-state index is 0. The largest absolute Gasteiger partial charge is 0.396 e. The van der Waals surface area contributed by atoms with Crippen molar-refractivity contribution in [2.24, 2.45) is 10.8 Å². The maximum absolute atomic E-state index is 10.1. The number of para-hydroxylation sites is 2. The summed E-state index contributed by atoms with van der Waals surface area (Å²) >= 11 is 0. The zero-order valence-corrected chi connectivity index (χ0v) is 19.4. The third-order valence-corrected chi connectivity index (χ3v) is 7.40. The molecule has 2 aliphatic rings. The number of piperidine rings is 1. The summed E-state index contributed by atoms with van der Waals surface area (Å²) in [4.78, 5) is 7.39. The molecule has 5 rings (SSSR count). The van der Waals surface area contributed by atoms with Crippen molar-refractivity contribution in [1.82, 2.24) is 9.38 Å². The summed E-state index contributed by atoms with van der Waals surface area (Å²) in [6.07, 6.45) is 4.93. The summed E-state index contributed by atoms with van der Waals surface area (Å²) < 4.78 is 2.25. The number of pyridine rings is 1. The van der Waals surface area contributed by atoms with Gasteiger partial charge >= 0.3 is 0 Å². The minimum atomic E-state index is -0.00144. The molecule has 164 valence electrons. The number of hydrogen-bond acceptors (Lipinski definition) is 4. The molecule has 31 heavy (non-hydrogen) atoms. The first-order chi connectivity index (χ1) is 14.4. The number of aromatic nitrogens is 2. The van der Waals surface area contributed by atoms with E-state index in [4.69, 9.17) is 4.98 Å². The second kappa shape index (κ2) is 7.69. The number of fused-ring (bicyclic) bond motifs is 4. The summed E-state index contributed by atoms with van der Waals surface area (Å²) in [6.45, 7) is 8.92. The van der Waals surface area contributed by atoms with E-state index < -0.39 is 0 Å². The summed E-state index contributed by atoms with van der Waals surface area (Å²) in [5.41, 5.74) is 6.29. The van der Waals surface area contributed by atoms with Gasteiger partial charge < -0.3 is 10.0 Å². The highest BCUT2D eigenvalue weighted by Crippen LogP contribution is 2.44. The van der Waals surface area contributed by atoms with Crippen molar-refractivity contribution in [1.29, 1.82) is 5.26 Å². The summed E-state index contributed by atoms with van der Waals surface area (Å²) in [5, 5.41) is 20.0. The van der Waals surface area contributed by atoms with Crippen LogP contribution in [-0.4, -0.2) is 34.2 Å². The quantitative estimate of drug-likeness (QED) is 0.618. The predicted octanol–water partition coefficient (Wildman–Crippen LogP) is 4.89. The van der Waals surface area contributed by atoms with Gasteiger partial charge in [-0.2, -0.15) is 5.26 Å². The van der Waals surface area contributed by atoms with Gasteiger partial charge in [-0.05, 0) is 66.2 Å². The molecule has 1 aromatic carbocycles. The lowest BCUT2D eigenvalue weighted by atomic mass is 9.73. The van der Waals surface area contributed by atoms with Gasteiger partial charge in [0.05, 0.1) is 16.6 Å². The molecule has 0 unspecified atom stereocenters. The van der Waals surface area contributed by atoms with Gasteiger partial charge in [0.1, 0.15) is 11.9 Å². The topological polar surface area (TPSA) is 64.6 Å². The number of anilines is 1. The molecule has 1 aliphatic heterocycles. The number of aliphatic hydroxyl groups is 1. The number of nitrogens with zero attached hydrogens (tertiary/aromatic N) is 4. The summed E-state index contributed by atoms with van der Waals surface area (Å²) in [7, 11) is 0. The van der Waals surface area contributed by atoms with Crippen LogP contribution in [0.5, 0.6) is 0 Å². The Labute approximate surface area is 190 Å². The molecule has 5 nitrogen and oxygen atoms in total. The third kappa shape index (κ3) is 3.46. The molecule has 0 radical (unpaired) electrons. The van der Waals surface area contributed by atoms with Crippen LogP contribution < -0.4 is 4.90 Å². The molecule has 0 spiro atoms. The van der Waals surface area contributed by atoms with Crippen LogP contribution in [0.25, 0.3) is 16.7 Å². The van der Waals surface area contributed by atoms with E-state index in [-0.39, 0.29) is 29.8 Å². The van der Waals surface area contributed by atoms with Crippen LogP contribution in [0.15, 0.2) is 24.3 Å². The lowest BCUT2D eigenvalue weighted by molar-refractivity contribution is 0.114. The third-order valence-electron chi connectivity index (χ3n) is 7.40. The fourth-order valence-corrected chi connectivity index (χ4v) is 5.32. The summed E-state index contributed by atoms with van der Waals surface area (Å²) in [6, 6.07) is 10.7. The van der Waals surface area contributed by atoms with Gasteiger partial charge in [0.15, 0.2) is 5.65 Å². The monoisotopic (exact) mass is 438 g/mol. The highest BCUT2D eigenvalue weighted by Gasteiger charge is 2.36. The smallest absolute Gasteiger partial charge is 0.157 e. The van der Waals surface area contributed by atoms with E-state index in [1.54, 1.807) is 0 Å². The molecule has 0 bridgehead atoms. The SMILES string of the molecule is CC1(C)CCc2c(c(N3CCC(C)(CO)CC3)n3c(nc4ccccc43)c2C#N)C1.Cl. The molecular formula is C25H31ClN4O. The predicted molar refractivity (Wildman–Crippen MR) is 127 cm³/mol. The first-order valence-electron chi connectivity index (χ1n) is 11.1. The Morgan fingerprint density at radius 2 is 1.81 bits per heavy atom. The highest BCUT2D eigenvalue weighted by molar-refractivity contribution is 5.86. The molecule has 2 aromatic heterocycles. The van der Waals surface area contributed by atoms with Gasteiger partial charge in [-0.1, -0.05) is 32.9 Å². The first-order valence-corrected chi connectivity index (χ1v) is 11.1. The Kier molecular flexibility index (Phi) is 5.44. The second-order valence-corrected chi connectivity index (χ2v) is 10.3. The Morgan fingerprint density at radius 3 is 2.48 bits per heavy atom. The normalized spacial score (nSPS) is 19.6. The molecule has 6 heteroatoms. The molecule has 3 heterocycles. The Balaban J connectivity index is 0.00000231.